The molecule has 26 heavy (non-hydrogen) atoms. The van der Waals surface area contributed by atoms with Crippen LogP contribution in [-0.2, 0) is 16.7 Å². The van der Waals surface area contributed by atoms with Crippen molar-refractivity contribution < 1.29 is 4.74 Å². The fourth-order valence-electron chi connectivity index (χ4n) is 2.78. The summed E-state index contributed by atoms with van der Waals surface area (Å²) in [5, 5.41) is 6.75. The van der Waals surface area contributed by atoms with E-state index in [-0.39, 0.29) is 29.4 Å². The maximum Gasteiger partial charge on any atom is 0.191 e. The molecule has 0 amide bonds. The molecule has 148 valence electrons. The molecule has 0 spiro atoms. The Morgan fingerprint density at radius 3 is 2.35 bits per heavy atom. The lowest BCUT2D eigenvalue weighted by Crippen LogP contribution is -2.44. The second kappa shape index (κ2) is 11.8. The van der Waals surface area contributed by atoms with Crippen LogP contribution in [0.1, 0.15) is 38.8 Å². The first-order chi connectivity index (χ1) is 12.0. The molecule has 5 nitrogen and oxygen atoms in total. The lowest BCUT2D eigenvalue weighted by atomic mass is 9.87. The zero-order valence-corrected chi connectivity index (χ0v) is 19.0. The Kier molecular flexibility index (Phi) is 10.5. The van der Waals surface area contributed by atoms with E-state index in [2.05, 4.69) is 67.5 Å². The van der Waals surface area contributed by atoms with Crippen molar-refractivity contribution in [2.45, 2.75) is 39.7 Å². The number of nitrogens with zero attached hydrogens (tertiary/aromatic N) is 2. The van der Waals surface area contributed by atoms with Crippen LogP contribution >= 0.6 is 24.0 Å². The predicted octanol–water partition coefficient (Wildman–Crippen LogP) is 2.99. The van der Waals surface area contributed by atoms with E-state index in [1.165, 1.54) is 11.1 Å². The number of halogens is 1. The summed E-state index contributed by atoms with van der Waals surface area (Å²) in [6.07, 6.45) is 0. The second-order valence-electron chi connectivity index (χ2n) is 7.52. The maximum absolute atomic E-state index is 5.38. The molecule has 0 aromatic heterocycles. The van der Waals surface area contributed by atoms with Crippen molar-refractivity contribution in [3.63, 3.8) is 0 Å². The summed E-state index contributed by atoms with van der Waals surface area (Å²) < 4.78 is 5.38. The van der Waals surface area contributed by atoms with Crippen LogP contribution in [0.2, 0.25) is 0 Å². The van der Waals surface area contributed by atoms with E-state index in [1.54, 1.807) is 0 Å². The highest BCUT2D eigenvalue weighted by atomic mass is 127. The van der Waals surface area contributed by atoms with Gasteiger partial charge >= 0.3 is 0 Å². The van der Waals surface area contributed by atoms with E-state index in [0.717, 1.165) is 51.9 Å². The number of aliphatic imine (C=N–C) groups is 1. The Labute approximate surface area is 176 Å². The van der Waals surface area contributed by atoms with Crippen LogP contribution in [0.5, 0.6) is 0 Å². The molecule has 0 saturated carbocycles. The molecule has 1 saturated heterocycles. The topological polar surface area (TPSA) is 48.9 Å². The highest BCUT2D eigenvalue weighted by Crippen LogP contribution is 2.22. The number of ether oxygens (including phenoxy) is 1. The van der Waals surface area contributed by atoms with Gasteiger partial charge in [-0.25, -0.2) is 4.99 Å². The van der Waals surface area contributed by atoms with Crippen molar-refractivity contribution in [3.8, 4) is 0 Å². The number of hydrogen-bond acceptors (Lipinski definition) is 3. The predicted molar refractivity (Wildman–Crippen MR) is 121 cm³/mol. The van der Waals surface area contributed by atoms with Gasteiger partial charge in [-0.15, -0.1) is 24.0 Å². The minimum atomic E-state index is 0. The SMILES string of the molecule is CCNC(=NCc1ccc(C(C)(C)C)cc1)NCCN1CCOCC1.I. The molecule has 6 heteroatoms. The van der Waals surface area contributed by atoms with Crippen molar-refractivity contribution in [1.82, 2.24) is 15.5 Å². The van der Waals surface area contributed by atoms with Crippen molar-refractivity contribution in [1.29, 1.82) is 0 Å². The number of benzene rings is 1. The molecule has 0 bridgehead atoms. The van der Waals surface area contributed by atoms with Gasteiger partial charge in [-0.3, -0.25) is 4.90 Å². The van der Waals surface area contributed by atoms with Crippen LogP contribution in [0, 0.1) is 0 Å². The molecule has 1 aliphatic heterocycles. The lowest BCUT2D eigenvalue weighted by Gasteiger charge is -2.26. The number of guanidine groups is 1. The summed E-state index contributed by atoms with van der Waals surface area (Å²) in [6.45, 7) is 16.0. The van der Waals surface area contributed by atoms with Gasteiger partial charge in [0, 0.05) is 32.7 Å². The van der Waals surface area contributed by atoms with Crippen LogP contribution in [0.4, 0.5) is 0 Å². The average molecular weight is 474 g/mol. The summed E-state index contributed by atoms with van der Waals surface area (Å²) in [4.78, 5) is 7.13. The molecule has 2 rings (SSSR count). The van der Waals surface area contributed by atoms with Crippen molar-refractivity contribution >= 4 is 29.9 Å². The molecule has 0 unspecified atom stereocenters. The molecule has 2 N–H and O–H groups in total. The Morgan fingerprint density at radius 2 is 1.77 bits per heavy atom. The standard InChI is InChI=1S/C20H34N4O.HI/c1-5-21-19(22-10-11-24-12-14-25-15-13-24)23-16-17-6-8-18(9-7-17)20(2,3)4;/h6-9H,5,10-16H2,1-4H3,(H2,21,22,23);1H. The number of nitrogens with one attached hydrogen (secondary N) is 2. The van der Waals surface area contributed by atoms with Crippen LogP contribution in [0.15, 0.2) is 29.3 Å². The van der Waals surface area contributed by atoms with Gasteiger partial charge < -0.3 is 15.4 Å². The number of rotatable bonds is 6. The molecule has 0 radical (unpaired) electrons. The van der Waals surface area contributed by atoms with Gasteiger partial charge in [0.15, 0.2) is 5.96 Å². The molecule has 1 aliphatic rings. The lowest BCUT2D eigenvalue weighted by molar-refractivity contribution is 0.0389. The summed E-state index contributed by atoms with van der Waals surface area (Å²) in [7, 11) is 0. The maximum atomic E-state index is 5.38. The smallest absolute Gasteiger partial charge is 0.191 e. The molecule has 0 aliphatic carbocycles. The van der Waals surface area contributed by atoms with E-state index in [9.17, 15) is 0 Å². The minimum absolute atomic E-state index is 0. The van der Waals surface area contributed by atoms with Crippen LogP contribution < -0.4 is 10.6 Å². The molecule has 1 aromatic carbocycles. The van der Waals surface area contributed by atoms with Crippen LogP contribution in [0.25, 0.3) is 0 Å². The molecule has 0 atom stereocenters. The highest BCUT2D eigenvalue weighted by molar-refractivity contribution is 14.0. The summed E-state index contributed by atoms with van der Waals surface area (Å²) >= 11 is 0. The van der Waals surface area contributed by atoms with Crippen molar-refractivity contribution in [3.05, 3.63) is 35.4 Å². The van der Waals surface area contributed by atoms with Gasteiger partial charge in [-0.1, -0.05) is 45.0 Å². The van der Waals surface area contributed by atoms with Crippen LogP contribution in [0.3, 0.4) is 0 Å². The van der Waals surface area contributed by atoms with Gasteiger partial charge in [-0.2, -0.15) is 0 Å². The van der Waals surface area contributed by atoms with Crippen molar-refractivity contribution in [2.75, 3.05) is 45.9 Å². The monoisotopic (exact) mass is 474 g/mol. The third-order valence-corrected chi connectivity index (χ3v) is 4.41. The summed E-state index contributed by atoms with van der Waals surface area (Å²) in [6, 6.07) is 8.79. The largest absolute Gasteiger partial charge is 0.379 e. The Morgan fingerprint density at radius 1 is 1.12 bits per heavy atom. The van der Waals surface area contributed by atoms with Gasteiger partial charge in [-0.05, 0) is 23.5 Å². The number of hydrogen-bond donors (Lipinski definition) is 2. The van der Waals surface area contributed by atoms with E-state index >= 15 is 0 Å². The van der Waals surface area contributed by atoms with Gasteiger partial charge in [0.1, 0.15) is 0 Å². The Hall–Kier alpha value is -0.860. The summed E-state index contributed by atoms with van der Waals surface area (Å²) in [5.41, 5.74) is 2.78. The zero-order valence-electron chi connectivity index (χ0n) is 16.7. The van der Waals surface area contributed by atoms with Gasteiger partial charge in [0.25, 0.3) is 0 Å². The molecule has 1 heterocycles. The third-order valence-electron chi connectivity index (χ3n) is 4.41. The Balaban J connectivity index is 0.00000338. The molecular weight excluding hydrogens is 439 g/mol. The van der Waals surface area contributed by atoms with Gasteiger partial charge in [0.2, 0.25) is 0 Å². The highest BCUT2D eigenvalue weighted by Gasteiger charge is 2.13. The van der Waals surface area contributed by atoms with E-state index in [0.29, 0.717) is 6.54 Å². The third kappa shape index (κ3) is 8.22. The zero-order chi connectivity index (χ0) is 18.1. The molecule has 1 aromatic rings. The fourth-order valence-corrected chi connectivity index (χ4v) is 2.78. The van der Waals surface area contributed by atoms with Crippen LogP contribution in [-0.4, -0.2) is 56.8 Å². The molecular formula is C20H35IN4O. The van der Waals surface area contributed by atoms with Crippen molar-refractivity contribution in [2.24, 2.45) is 4.99 Å². The normalized spacial score (nSPS) is 16.1. The average Bonchev–Trinajstić information content (AvgIpc) is 2.60. The fraction of sp³-hybridized carbons (Fsp3) is 0.650. The quantitative estimate of drug-likeness (QED) is 0.378. The van der Waals surface area contributed by atoms with E-state index in [4.69, 9.17) is 9.73 Å². The van der Waals surface area contributed by atoms with E-state index < -0.39 is 0 Å². The minimum Gasteiger partial charge on any atom is -0.379 e. The molecule has 1 fully saturated rings. The first-order valence-electron chi connectivity index (χ1n) is 9.41. The number of morpholine rings is 1. The Bertz CT molecular complexity index is 534. The van der Waals surface area contributed by atoms with E-state index in [1.807, 2.05) is 0 Å². The first-order valence-corrected chi connectivity index (χ1v) is 9.41. The summed E-state index contributed by atoms with van der Waals surface area (Å²) in [5.74, 6) is 0.885. The van der Waals surface area contributed by atoms with Gasteiger partial charge in [0.05, 0.1) is 19.8 Å². The second-order valence-corrected chi connectivity index (χ2v) is 7.52. The first kappa shape index (κ1) is 23.2.